The minimum absolute atomic E-state index is 0.0706. The maximum atomic E-state index is 13.2. The molecule has 4 rings (SSSR count). The monoisotopic (exact) mass is 486 g/mol. The normalized spacial score (nSPS) is 14.8. The maximum absolute atomic E-state index is 13.2. The van der Waals surface area contributed by atoms with Gasteiger partial charge in [0.05, 0.1) is 21.8 Å². The molecule has 0 radical (unpaired) electrons. The molecule has 3 aromatic rings. The highest BCUT2D eigenvalue weighted by Crippen LogP contribution is 2.23. The highest BCUT2D eigenvalue weighted by molar-refractivity contribution is 7.98. The van der Waals surface area contributed by atoms with Gasteiger partial charge in [0, 0.05) is 37.4 Å². The molecule has 0 aliphatic carbocycles. The van der Waals surface area contributed by atoms with E-state index < -0.39 is 15.9 Å². The fourth-order valence-corrected chi connectivity index (χ4v) is 5.39. The predicted molar refractivity (Wildman–Crippen MR) is 128 cm³/mol. The van der Waals surface area contributed by atoms with Crippen molar-refractivity contribution in [1.82, 2.24) is 9.29 Å². The quantitative estimate of drug-likeness (QED) is 0.535. The van der Waals surface area contributed by atoms with Gasteiger partial charge >= 0.3 is 0 Å². The van der Waals surface area contributed by atoms with Gasteiger partial charge in [-0.1, -0.05) is 6.07 Å². The third-order valence-corrected chi connectivity index (χ3v) is 7.92. The van der Waals surface area contributed by atoms with Crippen LogP contribution < -0.4 is 10.2 Å². The Hall–Kier alpha value is -2.95. The first-order valence-electron chi connectivity index (χ1n) is 10.3. The molecule has 7 nitrogen and oxygen atoms in total. The molecule has 0 atom stereocenters. The lowest BCUT2D eigenvalue weighted by Gasteiger charge is -2.35. The van der Waals surface area contributed by atoms with Crippen LogP contribution in [0.1, 0.15) is 10.4 Å². The molecular weight excluding hydrogens is 463 g/mol. The number of hydrogen-bond donors (Lipinski definition) is 1. The lowest BCUT2D eigenvalue weighted by Crippen LogP contribution is -2.48. The fourth-order valence-electron chi connectivity index (χ4n) is 3.56. The molecule has 1 amide bonds. The van der Waals surface area contributed by atoms with E-state index in [0.717, 1.165) is 10.7 Å². The number of carbonyl (C=O) groups is 1. The van der Waals surface area contributed by atoms with Gasteiger partial charge < -0.3 is 10.2 Å². The number of nitrogens with one attached hydrogen (secondary N) is 1. The molecule has 1 saturated heterocycles. The van der Waals surface area contributed by atoms with Crippen molar-refractivity contribution in [3.63, 3.8) is 0 Å². The van der Waals surface area contributed by atoms with Gasteiger partial charge in [0.1, 0.15) is 5.82 Å². The molecule has 1 fully saturated rings. The van der Waals surface area contributed by atoms with Crippen molar-refractivity contribution in [1.29, 1.82) is 0 Å². The Kier molecular flexibility index (Phi) is 6.96. The van der Waals surface area contributed by atoms with Gasteiger partial charge in [-0.3, -0.25) is 4.79 Å². The highest BCUT2D eigenvalue weighted by atomic mass is 32.2. The number of amides is 1. The van der Waals surface area contributed by atoms with Gasteiger partial charge in [-0.25, -0.2) is 17.8 Å². The van der Waals surface area contributed by atoms with Crippen molar-refractivity contribution < 1.29 is 17.6 Å². The third kappa shape index (κ3) is 5.35. The molecule has 0 bridgehead atoms. The average molecular weight is 487 g/mol. The Morgan fingerprint density at radius 1 is 1.03 bits per heavy atom. The number of pyridine rings is 1. The first-order chi connectivity index (χ1) is 15.9. The van der Waals surface area contributed by atoms with Gasteiger partial charge in [0.25, 0.3) is 5.91 Å². The van der Waals surface area contributed by atoms with Crippen molar-refractivity contribution in [2.75, 3.05) is 42.7 Å². The smallest absolute Gasteiger partial charge is 0.255 e. The van der Waals surface area contributed by atoms with Crippen LogP contribution in [0.25, 0.3) is 0 Å². The number of sulfonamides is 1. The number of aromatic nitrogens is 1. The van der Waals surface area contributed by atoms with Gasteiger partial charge in [0.15, 0.2) is 0 Å². The van der Waals surface area contributed by atoms with Crippen molar-refractivity contribution in [2.24, 2.45) is 0 Å². The van der Waals surface area contributed by atoms with Crippen LogP contribution in [-0.2, 0) is 10.0 Å². The van der Waals surface area contributed by atoms with E-state index in [-0.39, 0.29) is 16.3 Å². The van der Waals surface area contributed by atoms with Crippen LogP contribution in [0.15, 0.2) is 76.8 Å². The van der Waals surface area contributed by atoms with E-state index in [1.54, 1.807) is 42.6 Å². The van der Waals surface area contributed by atoms with Crippen molar-refractivity contribution in [3.8, 4) is 0 Å². The summed E-state index contributed by atoms with van der Waals surface area (Å²) in [5.74, 6) is -0.719. The summed E-state index contributed by atoms with van der Waals surface area (Å²) in [4.78, 5) is 19.0. The second-order valence-electron chi connectivity index (χ2n) is 7.44. The molecule has 1 aliphatic rings. The molecule has 10 heteroatoms. The lowest BCUT2D eigenvalue weighted by molar-refractivity contribution is 0.102. The number of benzene rings is 2. The van der Waals surface area contributed by atoms with Crippen LogP contribution >= 0.6 is 11.8 Å². The first kappa shape index (κ1) is 23.2. The standard InChI is InChI=1S/C23H23FN4O3S2/c1-32-22-10-7-19(16-25-22)26-23(29)17-3-2-4-21(15-17)33(30,31)28-13-11-27(12-14-28)20-8-5-18(24)6-9-20/h2-10,15-16H,11-14H2,1H3,(H,26,29). The number of halogens is 1. The number of carbonyl (C=O) groups excluding carboxylic acids is 1. The Labute approximate surface area is 196 Å². The van der Waals surface area contributed by atoms with Crippen LogP contribution in [0.4, 0.5) is 15.8 Å². The Bertz CT molecular complexity index is 1230. The first-order valence-corrected chi connectivity index (χ1v) is 13.0. The topological polar surface area (TPSA) is 82.6 Å². The second kappa shape index (κ2) is 9.90. The lowest BCUT2D eigenvalue weighted by atomic mass is 10.2. The number of thioether (sulfide) groups is 1. The zero-order chi connectivity index (χ0) is 23.4. The Balaban J connectivity index is 1.44. The molecule has 1 aromatic heterocycles. The minimum atomic E-state index is -3.76. The summed E-state index contributed by atoms with van der Waals surface area (Å²) >= 11 is 1.50. The van der Waals surface area contributed by atoms with Gasteiger partial charge in [-0.15, -0.1) is 11.8 Å². The largest absolute Gasteiger partial charge is 0.369 e. The van der Waals surface area contributed by atoms with Gasteiger partial charge in [-0.05, 0) is 60.9 Å². The highest BCUT2D eigenvalue weighted by Gasteiger charge is 2.29. The van der Waals surface area contributed by atoms with Crippen LogP contribution in [-0.4, -0.2) is 56.0 Å². The summed E-state index contributed by atoms with van der Waals surface area (Å²) < 4.78 is 41.0. The summed E-state index contributed by atoms with van der Waals surface area (Å²) in [5.41, 5.74) is 1.63. The van der Waals surface area contributed by atoms with Gasteiger partial charge in [-0.2, -0.15) is 4.31 Å². The van der Waals surface area contributed by atoms with Gasteiger partial charge in [0.2, 0.25) is 10.0 Å². The minimum Gasteiger partial charge on any atom is -0.369 e. The number of anilines is 2. The second-order valence-corrected chi connectivity index (χ2v) is 10.2. The summed E-state index contributed by atoms with van der Waals surface area (Å²) in [6.45, 7) is 1.57. The van der Waals surface area contributed by atoms with E-state index in [4.69, 9.17) is 0 Å². The molecule has 2 heterocycles. The van der Waals surface area contributed by atoms with E-state index in [1.165, 1.54) is 40.3 Å². The summed E-state index contributed by atoms with van der Waals surface area (Å²) in [6.07, 6.45) is 3.47. The molecule has 0 saturated carbocycles. The zero-order valence-corrected chi connectivity index (χ0v) is 19.6. The maximum Gasteiger partial charge on any atom is 0.255 e. The van der Waals surface area contributed by atoms with Crippen molar-refractivity contribution >= 4 is 39.1 Å². The molecule has 0 unspecified atom stereocenters. The molecular formula is C23H23FN4O3S2. The molecule has 1 aliphatic heterocycles. The Morgan fingerprint density at radius 2 is 1.76 bits per heavy atom. The Morgan fingerprint density at radius 3 is 2.39 bits per heavy atom. The van der Waals surface area contributed by atoms with E-state index >= 15 is 0 Å². The number of rotatable bonds is 6. The van der Waals surface area contributed by atoms with Crippen LogP contribution in [0.3, 0.4) is 0 Å². The molecule has 172 valence electrons. The van der Waals surface area contributed by atoms with Crippen LogP contribution in [0.2, 0.25) is 0 Å². The van der Waals surface area contributed by atoms with E-state index in [9.17, 15) is 17.6 Å². The van der Waals surface area contributed by atoms with E-state index in [0.29, 0.717) is 31.9 Å². The third-order valence-electron chi connectivity index (χ3n) is 5.37. The SMILES string of the molecule is CSc1ccc(NC(=O)c2cccc(S(=O)(=O)N3CCN(c4ccc(F)cc4)CC3)c2)cn1. The van der Waals surface area contributed by atoms with E-state index in [2.05, 4.69) is 10.3 Å². The zero-order valence-electron chi connectivity index (χ0n) is 17.9. The van der Waals surface area contributed by atoms with E-state index in [1.807, 2.05) is 11.2 Å². The number of nitrogens with zero attached hydrogens (tertiary/aromatic N) is 3. The molecule has 0 spiro atoms. The van der Waals surface area contributed by atoms with Crippen LogP contribution in [0.5, 0.6) is 0 Å². The van der Waals surface area contributed by atoms with Crippen molar-refractivity contribution in [3.05, 3.63) is 78.2 Å². The summed E-state index contributed by atoms with van der Waals surface area (Å²) in [7, 11) is -3.76. The number of piperazine rings is 1. The predicted octanol–water partition coefficient (Wildman–Crippen LogP) is 3.71. The molecule has 1 N–H and O–H groups in total. The number of hydrogen-bond acceptors (Lipinski definition) is 6. The summed E-state index contributed by atoms with van der Waals surface area (Å²) in [6, 6.07) is 15.7. The van der Waals surface area contributed by atoms with Crippen LogP contribution in [0, 0.1) is 5.82 Å². The molecule has 2 aromatic carbocycles. The fraction of sp³-hybridized carbons (Fsp3) is 0.217. The van der Waals surface area contributed by atoms with Crippen molar-refractivity contribution in [2.45, 2.75) is 9.92 Å². The molecule has 33 heavy (non-hydrogen) atoms. The summed E-state index contributed by atoms with van der Waals surface area (Å²) in [5, 5.41) is 3.58. The average Bonchev–Trinajstić information content (AvgIpc) is 2.85.